The number of piperazine rings is 1. The zero-order chi connectivity index (χ0) is 21.7. The van der Waals surface area contributed by atoms with E-state index in [2.05, 4.69) is 67.5 Å². The van der Waals surface area contributed by atoms with Crippen molar-refractivity contribution in [2.45, 2.75) is 0 Å². The number of rotatable bonds is 3. The number of pyridine rings is 2. The Morgan fingerprint density at radius 3 is 2.47 bits per heavy atom. The number of benzene rings is 1. The van der Waals surface area contributed by atoms with Gasteiger partial charge in [-0.15, -0.1) is 5.10 Å². The van der Waals surface area contributed by atoms with Gasteiger partial charge in [-0.05, 0) is 42.9 Å². The van der Waals surface area contributed by atoms with E-state index in [1.165, 1.54) is 0 Å². The van der Waals surface area contributed by atoms with Crippen molar-refractivity contribution in [2.75, 3.05) is 38.1 Å². The van der Waals surface area contributed by atoms with Crippen LogP contribution in [-0.2, 0) is 7.05 Å². The lowest BCUT2D eigenvalue weighted by Gasteiger charge is -2.33. The Balaban J connectivity index is 1.35. The molecule has 1 N–H and O–H groups in total. The molecule has 1 aliphatic heterocycles. The van der Waals surface area contributed by atoms with E-state index in [0.717, 1.165) is 76.3 Å². The molecular weight excluding hydrogens is 400 g/mol. The first-order valence-electron chi connectivity index (χ1n) is 10.8. The lowest BCUT2D eigenvalue weighted by molar-refractivity contribution is 0.312. The summed E-state index contributed by atoms with van der Waals surface area (Å²) in [6.45, 7) is 4.17. The smallest absolute Gasteiger partial charge is 0.137 e. The van der Waals surface area contributed by atoms with Crippen molar-refractivity contribution in [1.82, 2.24) is 34.8 Å². The van der Waals surface area contributed by atoms with Gasteiger partial charge in [0.15, 0.2) is 0 Å². The Kier molecular flexibility index (Phi) is 4.39. The molecule has 32 heavy (non-hydrogen) atoms. The molecule has 1 fully saturated rings. The van der Waals surface area contributed by atoms with Crippen LogP contribution in [0.2, 0.25) is 0 Å². The summed E-state index contributed by atoms with van der Waals surface area (Å²) in [6.07, 6.45) is 5.88. The van der Waals surface area contributed by atoms with Gasteiger partial charge < -0.3 is 14.8 Å². The maximum atomic E-state index is 4.75. The molecule has 0 amide bonds. The number of hydrogen-bond acceptors (Lipinski definition) is 6. The van der Waals surface area contributed by atoms with E-state index >= 15 is 0 Å². The minimum atomic E-state index is 0.869. The van der Waals surface area contributed by atoms with E-state index < -0.39 is 0 Å². The molecule has 0 unspecified atom stereocenters. The lowest BCUT2D eigenvalue weighted by atomic mass is 10.0. The van der Waals surface area contributed by atoms with Crippen LogP contribution in [0.25, 0.3) is 44.3 Å². The summed E-state index contributed by atoms with van der Waals surface area (Å²) in [4.78, 5) is 17.4. The molecule has 160 valence electrons. The number of fused-ring (bicyclic) bond motifs is 2. The summed E-state index contributed by atoms with van der Waals surface area (Å²) in [5.74, 6) is 1.04. The fourth-order valence-electron chi connectivity index (χ4n) is 4.38. The van der Waals surface area contributed by atoms with Crippen molar-refractivity contribution >= 4 is 27.9 Å². The van der Waals surface area contributed by atoms with Gasteiger partial charge in [-0.1, -0.05) is 11.3 Å². The van der Waals surface area contributed by atoms with E-state index in [0.29, 0.717) is 0 Å². The van der Waals surface area contributed by atoms with E-state index in [-0.39, 0.29) is 0 Å². The number of H-pyrrole nitrogens is 1. The molecule has 6 rings (SSSR count). The highest BCUT2D eigenvalue weighted by Crippen LogP contribution is 2.32. The monoisotopic (exact) mass is 424 g/mol. The van der Waals surface area contributed by atoms with Gasteiger partial charge in [0.2, 0.25) is 0 Å². The molecule has 5 aromatic rings. The van der Waals surface area contributed by atoms with Crippen molar-refractivity contribution in [3.63, 3.8) is 0 Å². The van der Waals surface area contributed by atoms with Crippen LogP contribution in [0.4, 0.5) is 5.82 Å². The largest absolute Gasteiger partial charge is 0.354 e. The second-order valence-corrected chi connectivity index (χ2v) is 8.43. The minimum absolute atomic E-state index is 0.869. The van der Waals surface area contributed by atoms with Gasteiger partial charge in [-0.2, -0.15) is 0 Å². The van der Waals surface area contributed by atoms with Crippen LogP contribution in [0.3, 0.4) is 0 Å². The fraction of sp³-hybridized carbons (Fsp3) is 0.250. The van der Waals surface area contributed by atoms with Gasteiger partial charge >= 0.3 is 0 Å². The maximum Gasteiger partial charge on any atom is 0.137 e. The second kappa shape index (κ2) is 7.42. The molecule has 1 aliphatic rings. The number of anilines is 1. The van der Waals surface area contributed by atoms with Gasteiger partial charge in [0.25, 0.3) is 0 Å². The zero-order valence-electron chi connectivity index (χ0n) is 18.2. The van der Waals surface area contributed by atoms with Crippen molar-refractivity contribution in [3.05, 3.63) is 55.0 Å². The first-order valence-corrected chi connectivity index (χ1v) is 10.8. The number of hydrogen-bond donors (Lipinski definition) is 1. The molecule has 1 saturated heterocycles. The molecule has 0 spiro atoms. The van der Waals surface area contributed by atoms with Crippen molar-refractivity contribution in [3.8, 4) is 22.3 Å². The normalized spacial score (nSPS) is 15.1. The molecule has 4 aromatic heterocycles. The van der Waals surface area contributed by atoms with Crippen molar-refractivity contribution in [2.24, 2.45) is 7.05 Å². The lowest BCUT2D eigenvalue weighted by Crippen LogP contribution is -2.44. The summed E-state index contributed by atoms with van der Waals surface area (Å²) < 4.78 is 1.80. The van der Waals surface area contributed by atoms with E-state index in [9.17, 15) is 0 Å². The predicted molar refractivity (Wildman–Crippen MR) is 127 cm³/mol. The molecule has 0 bridgehead atoms. The standard InChI is InChI=1S/C24H24N8/c1-30-7-9-32(10-8-30)23-6-4-17(13-25-23)18-11-19-20(15-27-24(19)26-14-18)16-3-5-21-22(12-16)31(2)29-28-21/h3-6,11-15H,7-10H2,1-2H3,(H,26,27). The highest BCUT2D eigenvalue weighted by atomic mass is 15.4. The molecule has 0 aliphatic carbocycles. The van der Waals surface area contributed by atoms with E-state index in [1.54, 1.807) is 4.68 Å². The quantitative estimate of drug-likeness (QED) is 0.479. The van der Waals surface area contributed by atoms with Crippen LogP contribution >= 0.6 is 0 Å². The number of likely N-dealkylation sites (N-methyl/N-ethyl adjacent to an activating group) is 1. The van der Waals surface area contributed by atoms with Gasteiger partial charge in [-0.25, -0.2) is 14.6 Å². The molecule has 8 heteroatoms. The Labute approximate surface area is 185 Å². The van der Waals surface area contributed by atoms with Gasteiger partial charge in [0.05, 0.1) is 5.52 Å². The highest BCUT2D eigenvalue weighted by molar-refractivity contribution is 5.97. The molecular formula is C24H24N8. The van der Waals surface area contributed by atoms with Crippen LogP contribution in [0.1, 0.15) is 0 Å². The summed E-state index contributed by atoms with van der Waals surface area (Å²) in [6, 6.07) is 12.7. The molecule has 0 saturated carbocycles. The van der Waals surface area contributed by atoms with Crippen molar-refractivity contribution < 1.29 is 0 Å². The number of nitrogens with zero attached hydrogens (tertiary/aromatic N) is 7. The summed E-state index contributed by atoms with van der Waals surface area (Å²) >= 11 is 0. The van der Waals surface area contributed by atoms with Crippen LogP contribution in [0.15, 0.2) is 55.0 Å². The highest BCUT2D eigenvalue weighted by Gasteiger charge is 2.16. The third kappa shape index (κ3) is 3.20. The molecule has 1 aromatic carbocycles. The third-order valence-corrected chi connectivity index (χ3v) is 6.36. The molecule has 5 heterocycles. The number of nitrogens with one attached hydrogen (secondary N) is 1. The summed E-state index contributed by atoms with van der Waals surface area (Å²) in [5, 5.41) is 9.38. The SMILES string of the molecule is CN1CCN(c2ccc(-c3cnc4[nH]cc(-c5ccc6nnn(C)c6c5)c4c3)cn2)CC1. The van der Waals surface area contributed by atoms with Crippen LogP contribution in [0.5, 0.6) is 0 Å². The average Bonchev–Trinajstić information content (AvgIpc) is 3.42. The summed E-state index contributed by atoms with van der Waals surface area (Å²) in [7, 11) is 4.07. The molecule has 0 radical (unpaired) electrons. The van der Waals surface area contributed by atoms with Crippen LogP contribution in [-0.4, -0.2) is 68.1 Å². The fourth-order valence-corrected chi connectivity index (χ4v) is 4.38. The average molecular weight is 425 g/mol. The van der Waals surface area contributed by atoms with Gasteiger partial charge in [0.1, 0.15) is 17.0 Å². The van der Waals surface area contributed by atoms with Crippen LogP contribution in [0, 0.1) is 0 Å². The van der Waals surface area contributed by atoms with Crippen LogP contribution < -0.4 is 4.90 Å². The minimum Gasteiger partial charge on any atom is -0.354 e. The summed E-state index contributed by atoms with van der Waals surface area (Å²) in [5.41, 5.74) is 7.10. The van der Waals surface area contributed by atoms with Gasteiger partial charge in [0, 0.05) is 73.9 Å². The number of aromatic nitrogens is 6. The zero-order valence-corrected chi connectivity index (χ0v) is 18.2. The topological polar surface area (TPSA) is 78.8 Å². The Morgan fingerprint density at radius 2 is 1.66 bits per heavy atom. The maximum absolute atomic E-state index is 4.75. The molecule has 0 atom stereocenters. The third-order valence-electron chi connectivity index (χ3n) is 6.36. The molecule has 8 nitrogen and oxygen atoms in total. The first-order chi connectivity index (χ1) is 15.7. The van der Waals surface area contributed by atoms with E-state index in [1.807, 2.05) is 31.7 Å². The number of aryl methyl sites for hydroxylation is 1. The second-order valence-electron chi connectivity index (χ2n) is 8.43. The Morgan fingerprint density at radius 1 is 0.844 bits per heavy atom. The van der Waals surface area contributed by atoms with Gasteiger partial charge in [-0.3, -0.25) is 0 Å². The van der Waals surface area contributed by atoms with E-state index in [4.69, 9.17) is 4.98 Å². The predicted octanol–water partition coefficient (Wildman–Crippen LogP) is 3.33. The Bertz CT molecular complexity index is 1410. The number of aromatic amines is 1. The first kappa shape index (κ1) is 18.9. The van der Waals surface area contributed by atoms with Crippen molar-refractivity contribution in [1.29, 1.82) is 0 Å². The Hall–Kier alpha value is -3.78.